The summed E-state index contributed by atoms with van der Waals surface area (Å²) in [5.74, 6) is 1.99. The molecule has 5 nitrogen and oxygen atoms in total. The molecule has 0 fully saturated rings. The fraction of sp³-hybridized carbons (Fsp3) is 0.385. The number of benzene rings is 1. The van der Waals surface area contributed by atoms with Crippen molar-refractivity contribution in [2.45, 2.75) is 0 Å². The molecular weight excluding hydrogens is 236 g/mol. The third-order valence-electron chi connectivity index (χ3n) is 2.42. The number of aliphatic hydroxyl groups excluding tert-OH is 1. The van der Waals surface area contributed by atoms with Gasteiger partial charge in [-0.1, -0.05) is 12.2 Å². The van der Waals surface area contributed by atoms with Crippen molar-refractivity contribution in [1.82, 2.24) is 0 Å². The fourth-order valence-corrected chi connectivity index (χ4v) is 1.66. The van der Waals surface area contributed by atoms with Gasteiger partial charge < -0.3 is 24.1 Å². The van der Waals surface area contributed by atoms with E-state index in [1.54, 1.807) is 32.4 Å². The minimum atomic E-state index is -0.0557. The van der Waals surface area contributed by atoms with Gasteiger partial charge >= 0.3 is 0 Å². The first-order valence-electron chi connectivity index (χ1n) is 5.37. The van der Waals surface area contributed by atoms with Crippen molar-refractivity contribution in [3.8, 4) is 23.0 Å². The van der Waals surface area contributed by atoms with E-state index in [1.165, 1.54) is 14.2 Å². The van der Waals surface area contributed by atoms with E-state index in [2.05, 4.69) is 0 Å². The number of methoxy groups -OCH3 is 4. The SMILES string of the molecule is COc1cc(/C=C/CO)c(OC)c(OC)c1OC. The third kappa shape index (κ3) is 2.68. The molecule has 1 aromatic rings. The van der Waals surface area contributed by atoms with Crippen LogP contribution in [0, 0.1) is 0 Å². The van der Waals surface area contributed by atoms with Crippen LogP contribution < -0.4 is 18.9 Å². The minimum Gasteiger partial charge on any atom is -0.493 e. The first kappa shape index (κ1) is 14.2. The Morgan fingerprint density at radius 1 is 0.944 bits per heavy atom. The normalized spacial score (nSPS) is 10.5. The van der Waals surface area contributed by atoms with E-state index in [1.807, 2.05) is 0 Å². The highest BCUT2D eigenvalue weighted by atomic mass is 16.5. The highest BCUT2D eigenvalue weighted by molar-refractivity contribution is 5.71. The van der Waals surface area contributed by atoms with Crippen molar-refractivity contribution in [1.29, 1.82) is 0 Å². The molecule has 0 aromatic heterocycles. The van der Waals surface area contributed by atoms with E-state index in [0.717, 1.165) is 5.56 Å². The van der Waals surface area contributed by atoms with Gasteiger partial charge in [0.05, 0.1) is 35.0 Å². The summed E-state index contributed by atoms with van der Waals surface area (Å²) in [6.45, 7) is -0.0557. The number of aliphatic hydroxyl groups is 1. The largest absolute Gasteiger partial charge is 0.493 e. The second-order valence-corrected chi connectivity index (χ2v) is 3.35. The average Bonchev–Trinajstić information content (AvgIpc) is 2.42. The van der Waals surface area contributed by atoms with Gasteiger partial charge in [-0.15, -0.1) is 0 Å². The van der Waals surface area contributed by atoms with E-state index in [9.17, 15) is 0 Å². The van der Waals surface area contributed by atoms with Crippen molar-refractivity contribution >= 4 is 6.08 Å². The summed E-state index contributed by atoms with van der Waals surface area (Å²) < 4.78 is 21.1. The topological polar surface area (TPSA) is 57.2 Å². The van der Waals surface area contributed by atoms with Crippen LogP contribution in [-0.2, 0) is 0 Å². The molecule has 0 aliphatic rings. The summed E-state index contributed by atoms with van der Waals surface area (Å²) in [4.78, 5) is 0. The van der Waals surface area contributed by atoms with Gasteiger partial charge in [-0.25, -0.2) is 0 Å². The van der Waals surface area contributed by atoms with Gasteiger partial charge in [0.25, 0.3) is 0 Å². The Balaban J connectivity index is 3.47. The van der Waals surface area contributed by atoms with Crippen LogP contribution in [0.3, 0.4) is 0 Å². The molecule has 1 aromatic carbocycles. The molecule has 0 amide bonds. The molecule has 0 bridgehead atoms. The fourth-order valence-electron chi connectivity index (χ4n) is 1.66. The summed E-state index contributed by atoms with van der Waals surface area (Å²) in [5, 5.41) is 8.83. The smallest absolute Gasteiger partial charge is 0.207 e. The second-order valence-electron chi connectivity index (χ2n) is 3.35. The molecule has 0 unspecified atom stereocenters. The van der Waals surface area contributed by atoms with E-state index in [-0.39, 0.29) is 6.61 Å². The molecule has 0 aliphatic carbocycles. The first-order valence-corrected chi connectivity index (χ1v) is 5.37. The quantitative estimate of drug-likeness (QED) is 0.837. The van der Waals surface area contributed by atoms with E-state index in [4.69, 9.17) is 24.1 Å². The lowest BCUT2D eigenvalue weighted by Crippen LogP contribution is -1.99. The molecule has 18 heavy (non-hydrogen) atoms. The van der Waals surface area contributed by atoms with Crippen molar-refractivity contribution in [2.24, 2.45) is 0 Å². The minimum absolute atomic E-state index is 0.0557. The van der Waals surface area contributed by atoms with Gasteiger partial charge in [0, 0.05) is 5.56 Å². The molecule has 0 heterocycles. The highest BCUT2D eigenvalue weighted by Crippen LogP contribution is 2.46. The Hall–Kier alpha value is -1.88. The van der Waals surface area contributed by atoms with Crippen LogP contribution in [0.5, 0.6) is 23.0 Å². The lowest BCUT2D eigenvalue weighted by Gasteiger charge is -2.17. The van der Waals surface area contributed by atoms with Crippen molar-refractivity contribution < 1.29 is 24.1 Å². The van der Waals surface area contributed by atoms with Gasteiger partial charge in [0.1, 0.15) is 0 Å². The Morgan fingerprint density at radius 3 is 2.00 bits per heavy atom. The molecule has 100 valence electrons. The molecule has 0 radical (unpaired) electrons. The van der Waals surface area contributed by atoms with Crippen molar-refractivity contribution in [3.63, 3.8) is 0 Å². The molecule has 0 aliphatic heterocycles. The second kappa shape index (κ2) is 6.76. The van der Waals surface area contributed by atoms with Crippen LogP contribution >= 0.6 is 0 Å². The standard InChI is InChI=1S/C13H18O5/c1-15-10-8-9(6-5-7-14)11(16-2)13(18-4)12(10)17-3/h5-6,8,14H,7H2,1-4H3/b6-5+. The highest BCUT2D eigenvalue weighted by Gasteiger charge is 2.20. The predicted octanol–water partition coefficient (Wildman–Crippen LogP) is 1.73. The van der Waals surface area contributed by atoms with Crippen LogP contribution in [0.15, 0.2) is 12.1 Å². The first-order chi connectivity index (χ1) is 8.73. The zero-order chi connectivity index (χ0) is 13.5. The molecule has 0 atom stereocenters. The number of rotatable bonds is 6. The number of ether oxygens (including phenoxy) is 4. The van der Waals surface area contributed by atoms with Crippen LogP contribution in [0.4, 0.5) is 0 Å². The van der Waals surface area contributed by atoms with Gasteiger partial charge in [-0.2, -0.15) is 0 Å². The number of hydrogen-bond donors (Lipinski definition) is 1. The molecule has 5 heteroatoms. The van der Waals surface area contributed by atoms with Crippen molar-refractivity contribution in [3.05, 3.63) is 17.7 Å². The predicted molar refractivity (Wildman–Crippen MR) is 68.8 cm³/mol. The van der Waals surface area contributed by atoms with E-state index in [0.29, 0.717) is 23.0 Å². The lowest BCUT2D eigenvalue weighted by atomic mass is 10.1. The Morgan fingerprint density at radius 2 is 1.56 bits per heavy atom. The Kier molecular flexibility index (Phi) is 5.32. The monoisotopic (exact) mass is 254 g/mol. The van der Waals surface area contributed by atoms with Crippen LogP contribution in [-0.4, -0.2) is 40.2 Å². The Labute approximate surface area is 107 Å². The Bertz CT molecular complexity index is 426. The summed E-state index contributed by atoms with van der Waals surface area (Å²) in [5.41, 5.74) is 0.737. The summed E-state index contributed by atoms with van der Waals surface area (Å²) in [6.07, 6.45) is 3.33. The maximum absolute atomic E-state index is 8.83. The lowest BCUT2D eigenvalue weighted by molar-refractivity contribution is 0.305. The van der Waals surface area contributed by atoms with Gasteiger partial charge in [0.15, 0.2) is 11.5 Å². The summed E-state index contributed by atoms with van der Waals surface area (Å²) in [7, 11) is 6.14. The zero-order valence-corrected chi connectivity index (χ0v) is 11.0. The summed E-state index contributed by atoms with van der Waals surface area (Å²) in [6, 6.07) is 1.76. The molecular formula is C13H18O5. The van der Waals surface area contributed by atoms with Gasteiger partial charge in [-0.05, 0) is 6.07 Å². The van der Waals surface area contributed by atoms with Crippen LogP contribution in [0.2, 0.25) is 0 Å². The van der Waals surface area contributed by atoms with E-state index >= 15 is 0 Å². The summed E-state index contributed by atoms with van der Waals surface area (Å²) >= 11 is 0. The molecule has 0 saturated carbocycles. The third-order valence-corrected chi connectivity index (χ3v) is 2.42. The van der Waals surface area contributed by atoms with Crippen LogP contribution in [0.25, 0.3) is 6.08 Å². The molecule has 1 rings (SSSR count). The molecule has 0 saturated heterocycles. The van der Waals surface area contributed by atoms with Gasteiger partial charge in [0.2, 0.25) is 11.5 Å². The maximum atomic E-state index is 8.83. The molecule has 0 spiro atoms. The van der Waals surface area contributed by atoms with Crippen LogP contribution in [0.1, 0.15) is 5.56 Å². The molecule has 1 N–H and O–H groups in total. The average molecular weight is 254 g/mol. The van der Waals surface area contributed by atoms with Gasteiger partial charge in [-0.3, -0.25) is 0 Å². The van der Waals surface area contributed by atoms with E-state index < -0.39 is 0 Å². The maximum Gasteiger partial charge on any atom is 0.207 e. The zero-order valence-electron chi connectivity index (χ0n) is 11.0. The van der Waals surface area contributed by atoms with Crippen molar-refractivity contribution in [2.75, 3.05) is 35.0 Å². The number of hydrogen-bond acceptors (Lipinski definition) is 5.